The highest BCUT2D eigenvalue weighted by molar-refractivity contribution is 7.89. The number of rotatable bonds is 7. The third-order valence-electron chi connectivity index (χ3n) is 3.09. The van der Waals surface area contributed by atoms with Crippen LogP contribution in [-0.4, -0.2) is 21.2 Å². The van der Waals surface area contributed by atoms with E-state index in [-0.39, 0.29) is 4.90 Å². The second kappa shape index (κ2) is 7.78. The summed E-state index contributed by atoms with van der Waals surface area (Å²) < 4.78 is 29.9. The Morgan fingerprint density at radius 2 is 1.83 bits per heavy atom. The van der Waals surface area contributed by atoms with Crippen LogP contribution in [0.1, 0.15) is 24.5 Å². The minimum Gasteiger partial charge on any atom is -0.493 e. The Morgan fingerprint density at radius 3 is 2.52 bits per heavy atom. The molecule has 0 unspecified atom stereocenters. The molecule has 0 aliphatic carbocycles. The summed E-state index contributed by atoms with van der Waals surface area (Å²) in [5.74, 6) is 0.674. The maximum absolute atomic E-state index is 12.1. The zero-order valence-electron chi connectivity index (χ0n) is 13.2. The molecule has 2 aromatic rings. The highest BCUT2D eigenvalue weighted by Gasteiger charge is 2.11. The zero-order chi connectivity index (χ0) is 16.7. The van der Waals surface area contributed by atoms with Crippen molar-refractivity contribution in [3.63, 3.8) is 0 Å². The van der Waals surface area contributed by atoms with Gasteiger partial charge in [-0.3, -0.25) is 0 Å². The molecule has 23 heavy (non-hydrogen) atoms. The van der Waals surface area contributed by atoms with Crippen molar-refractivity contribution in [1.29, 1.82) is 0 Å². The van der Waals surface area contributed by atoms with E-state index >= 15 is 0 Å². The number of aryl methyl sites for hydroxylation is 1. The van der Waals surface area contributed by atoms with E-state index in [0.29, 0.717) is 17.9 Å². The molecular weight excluding hydrogens is 312 g/mol. The van der Waals surface area contributed by atoms with Gasteiger partial charge in [-0.25, -0.2) is 4.83 Å². The van der Waals surface area contributed by atoms with Gasteiger partial charge in [0, 0.05) is 5.56 Å². The Labute approximate surface area is 137 Å². The Hall–Kier alpha value is -2.34. The SMILES string of the molecule is CCCOc1ccccc1/C=N\NS(=O)(=O)c1ccc(C)cc1. The van der Waals surface area contributed by atoms with Crippen LogP contribution in [0.3, 0.4) is 0 Å². The van der Waals surface area contributed by atoms with Gasteiger partial charge in [-0.2, -0.15) is 13.5 Å². The Morgan fingerprint density at radius 1 is 1.13 bits per heavy atom. The molecule has 2 rings (SSSR count). The number of hydrogen-bond donors (Lipinski definition) is 1. The van der Waals surface area contributed by atoms with Crippen molar-refractivity contribution in [2.45, 2.75) is 25.2 Å². The van der Waals surface area contributed by atoms with Crippen molar-refractivity contribution in [3.05, 3.63) is 59.7 Å². The molecule has 5 nitrogen and oxygen atoms in total. The number of sulfonamides is 1. The minimum atomic E-state index is -3.67. The smallest absolute Gasteiger partial charge is 0.276 e. The second-order valence-electron chi connectivity index (χ2n) is 5.05. The first-order valence-electron chi connectivity index (χ1n) is 7.36. The molecule has 1 N–H and O–H groups in total. The Kier molecular flexibility index (Phi) is 5.76. The van der Waals surface area contributed by atoms with E-state index in [4.69, 9.17) is 4.74 Å². The van der Waals surface area contributed by atoms with Crippen molar-refractivity contribution < 1.29 is 13.2 Å². The number of hydrazone groups is 1. The molecule has 0 saturated heterocycles. The highest BCUT2D eigenvalue weighted by atomic mass is 32.2. The fraction of sp³-hybridized carbons (Fsp3) is 0.235. The Bertz CT molecular complexity index is 769. The topological polar surface area (TPSA) is 67.8 Å². The molecule has 0 heterocycles. The van der Waals surface area contributed by atoms with Crippen LogP contribution in [0, 0.1) is 6.92 Å². The zero-order valence-corrected chi connectivity index (χ0v) is 14.0. The van der Waals surface area contributed by atoms with Crippen LogP contribution < -0.4 is 9.57 Å². The summed E-state index contributed by atoms with van der Waals surface area (Å²) in [6.45, 7) is 4.52. The fourth-order valence-electron chi connectivity index (χ4n) is 1.87. The van der Waals surface area contributed by atoms with Gasteiger partial charge in [0.05, 0.1) is 17.7 Å². The van der Waals surface area contributed by atoms with E-state index in [1.165, 1.54) is 6.21 Å². The van der Waals surface area contributed by atoms with Gasteiger partial charge in [0.1, 0.15) is 5.75 Å². The van der Waals surface area contributed by atoms with Crippen LogP contribution in [0.15, 0.2) is 58.5 Å². The number of nitrogens with zero attached hydrogens (tertiary/aromatic N) is 1. The summed E-state index contributed by atoms with van der Waals surface area (Å²) in [4.78, 5) is 2.39. The normalized spacial score (nSPS) is 11.6. The van der Waals surface area contributed by atoms with Crippen LogP contribution in [0.25, 0.3) is 0 Å². The first-order chi connectivity index (χ1) is 11.0. The van der Waals surface area contributed by atoms with Crippen LogP contribution in [-0.2, 0) is 10.0 Å². The molecule has 0 saturated carbocycles. The molecule has 0 aliphatic rings. The summed E-state index contributed by atoms with van der Waals surface area (Å²) in [7, 11) is -3.67. The van der Waals surface area contributed by atoms with Gasteiger partial charge in [-0.15, -0.1) is 0 Å². The van der Waals surface area contributed by atoms with E-state index in [0.717, 1.165) is 12.0 Å². The molecular formula is C17H20N2O3S. The first-order valence-corrected chi connectivity index (χ1v) is 8.84. The van der Waals surface area contributed by atoms with Gasteiger partial charge in [-0.05, 0) is 37.6 Å². The van der Waals surface area contributed by atoms with Gasteiger partial charge < -0.3 is 4.74 Å². The van der Waals surface area contributed by atoms with E-state index < -0.39 is 10.0 Å². The van der Waals surface area contributed by atoms with Crippen molar-refractivity contribution in [1.82, 2.24) is 4.83 Å². The molecule has 0 amide bonds. The molecule has 0 bridgehead atoms. The molecule has 2 aromatic carbocycles. The summed E-state index contributed by atoms with van der Waals surface area (Å²) >= 11 is 0. The van der Waals surface area contributed by atoms with E-state index in [1.54, 1.807) is 24.3 Å². The predicted octanol–water partition coefficient (Wildman–Crippen LogP) is 3.10. The number of benzene rings is 2. The average Bonchev–Trinajstić information content (AvgIpc) is 2.54. The van der Waals surface area contributed by atoms with Crippen molar-refractivity contribution in [2.75, 3.05) is 6.61 Å². The lowest BCUT2D eigenvalue weighted by Crippen LogP contribution is -2.18. The van der Waals surface area contributed by atoms with Crippen molar-refractivity contribution >= 4 is 16.2 Å². The van der Waals surface area contributed by atoms with Gasteiger partial charge in [0.2, 0.25) is 0 Å². The maximum Gasteiger partial charge on any atom is 0.276 e. The van der Waals surface area contributed by atoms with Crippen LogP contribution in [0.5, 0.6) is 5.75 Å². The summed E-state index contributed by atoms with van der Waals surface area (Å²) in [5, 5.41) is 3.84. The summed E-state index contributed by atoms with van der Waals surface area (Å²) in [6, 6.07) is 13.9. The molecule has 0 atom stereocenters. The molecule has 6 heteroatoms. The van der Waals surface area contributed by atoms with E-state index in [2.05, 4.69) is 9.93 Å². The third-order valence-corrected chi connectivity index (χ3v) is 4.33. The van der Waals surface area contributed by atoms with Gasteiger partial charge in [-0.1, -0.05) is 36.8 Å². The largest absolute Gasteiger partial charge is 0.493 e. The lowest BCUT2D eigenvalue weighted by atomic mass is 10.2. The van der Waals surface area contributed by atoms with E-state index in [1.807, 2.05) is 38.1 Å². The first kappa shape index (κ1) is 17.0. The molecule has 0 fully saturated rings. The maximum atomic E-state index is 12.1. The highest BCUT2D eigenvalue weighted by Crippen LogP contribution is 2.16. The monoisotopic (exact) mass is 332 g/mol. The minimum absolute atomic E-state index is 0.177. The standard InChI is InChI=1S/C17H20N2O3S/c1-3-12-22-17-7-5-4-6-15(17)13-18-19-23(20,21)16-10-8-14(2)9-11-16/h4-11,13,19H,3,12H2,1-2H3/b18-13-. The van der Waals surface area contributed by atoms with Gasteiger partial charge in [0.25, 0.3) is 10.0 Å². The molecule has 0 aliphatic heterocycles. The van der Waals surface area contributed by atoms with Crippen LogP contribution in [0.2, 0.25) is 0 Å². The van der Waals surface area contributed by atoms with Crippen molar-refractivity contribution in [3.8, 4) is 5.75 Å². The fourth-order valence-corrected chi connectivity index (χ4v) is 2.66. The number of ether oxygens (including phenoxy) is 1. The van der Waals surface area contributed by atoms with Gasteiger partial charge >= 0.3 is 0 Å². The molecule has 0 aromatic heterocycles. The van der Waals surface area contributed by atoms with Gasteiger partial charge in [0.15, 0.2) is 0 Å². The van der Waals surface area contributed by atoms with E-state index in [9.17, 15) is 8.42 Å². The summed E-state index contributed by atoms with van der Waals surface area (Å²) in [5.41, 5.74) is 1.71. The molecule has 122 valence electrons. The van der Waals surface area contributed by atoms with Crippen LogP contribution >= 0.6 is 0 Å². The quantitative estimate of drug-likeness (QED) is 0.626. The lowest BCUT2D eigenvalue weighted by molar-refractivity contribution is 0.317. The average molecular weight is 332 g/mol. The number of para-hydroxylation sites is 1. The predicted molar refractivity (Wildman–Crippen MR) is 91.3 cm³/mol. The molecule has 0 radical (unpaired) electrons. The van der Waals surface area contributed by atoms with Crippen molar-refractivity contribution in [2.24, 2.45) is 5.10 Å². The summed E-state index contributed by atoms with van der Waals surface area (Å²) in [6.07, 6.45) is 2.34. The second-order valence-corrected chi connectivity index (χ2v) is 6.71. The van der Waals surface area contributed by atoms with Crippen LogP contribution in [0.4, 0.5) is 0 Å². The number of hydrogen-bond acceptors (Lipinski definition) is 4. The number of nitrogens with one attached hydrogen (secondary N) is 1. The Balaban J connectivity index is 2.11. The third kappa shape index (κ3) is 4.82. The lowest BCUT2D eigenvalue weighted by Gasteiger charge is -2.07. The molecule has 0 spiro atoms.